The SMILES string of the molecule is CCOc1ccccc1CN1CCOc2ccc(C(O)c3ccncc3)cc2C1. The summed E-state index contributed by atoms with van der Waals surface area (Å²) in [5, 5.41) is 10.8. The van der Waals surface area contributed by atoms with Crippen LogP contribution in [-0.4, -0.2) is 34.7 Å². The molecule has 1 aliphatic rings. The Balaban J connectivity index is 1.55. The molecule has 5 nitrogen and oxygen atoms in total. The van der Waals surface area contributed by atoms with E-state index in [-0.39, 0.29) is 0 Å². The number of aliphatic hydroxyl groups is 1. The van der Waals surface area contributed by atoms with Gasteiger partial charge in [0.1, 0.15) is 24.2 Å². The summed E-state index contributed by atoms with van der Waals surface area (Å²) in [5.74, 6) is 1.82. The maximum Gasteiger partial charge on any atom is 0.123 e. The lowest BCUT2D eigenvalue weighted by Gasteiger charge is -2.21. The number of para-hydroxylation sites is 1. The van der Waals surface area contributed by atoms with E-state index < -0.39 is 6.10 Å². The number of rotatable bonds is 6. The van der Waals surface area contributed by atoms with Crippen molar-refractivity contribution in [3.63, 3.8) is 0 Å². The van der Waals surface area contributed by atoms with Crippen molar-refractivity contribution in [3.05, 3.63) is 89.2 Å². The molecule has 0 saturated carbocycles. The summed E-state index contributed by atoms with van der Waals surface area (Å²) in [6.45, 7) is 5.66. The Morgan fingerprint density at radius 3 is 2.76 bits per heavy atom. The van der Waals surface area contributed by atoms with Crippen molar-refractivity contribution in [3.8, 4) is 11.5 Å². The summed E-state index contributed by atoms with van der Waals surface area (Å²) < 4.78 is 11.8. The van der Waals surface area contributed by atoms with Crippen molar-refractivity contribution in [1.29, 1.82) is 0 Å². The standard InChI is InChI=1S/C24H26N2O3/c1-2-28-22-6-4-3-5-20(22)16-26-13-14-29-23-8-7-19(15-21(23)17-26)24(27)18-9-11-25-12-10-18/h3-12,15,24,27H,2,13-14,16-17H2,1H3. The van der Waals surface area contributed by atoms with Crippen molar-refractivity contribution in [2.75, 3.05) is 19.8 Å². The second-order valence-corrected chi connectivity index (χ2v) is 7.15. The van der Waals surface area contributed by atoms with E-state index in [9.17, 15) is 5.11 Å². The Hall–Kier alpha value is -2.89. The zero-order chi connectivity index (χ0) is 20.1. The van der Waals surface area contributed by atoms with Gasteiger partial charge < -0.3 is 14.6 Å². The number of hydrogen-bond acceptors (Lipinski definition) is 5. The summed E-state index contributed by atoms with van der Waals surface area (Å²) in [6, 6.07) is 17.8. The summed E-state index contributed by atoms with van der Waals surface area (Å²) in [5.41, 5.74) is 3.94. The number of fused-ring (bicyclic) bond motifs is 1. The summed E-state index contributed by atoms with van der Waals surface area (Å²) >= 11 is 0. The lowest BCUT2D eigenvalue weighted by atomic mass is 10.00. The van der Waals surface area contributed by atoms with E-state index in [1.54, 1.807) is 12.4 Å². The van der Waals surface area contributed by atoms with Crippen LogP contribution in [0.15, 0.2) is 67.0 Å². The lowest BCUT2D eigenvalue weighted by molar-refractivity contribution is 0.216. The van der Waals surface area contributed by atoms with Crippen LogP contribution in [0, 0.1) is 0 Å². The third-order valence-corrected chi connectivity index (χ3v) is 5.15. The van der Waals surface area contributed by atoms with Gasteiger partial charge in [0.15, 0.2) is 0 Å². The third-order valence-electron chi connectivity index (χ3n) is 5.15. The molecule has 2 heterocycles. The highest BCUT2D eigenvalue weighted by atomic mass is 16.5. The topological polar surface area (TPSA) is 54.8 Å². The minimum absolute atomic E-state index is 0.635. The summed E-state index contributed by atoms with van der Waals surface area (Å²) in [7, 11) is 0. The monoisotopic (exact) mass is 390 g/mol. The van der Waals surface area contributed by atoms with E-state index in [4.69, 9.17) is 9.47 Å². The van der Waals surface area contributed by atoms with Crippen LogP contribution in [0.3, 0.4) is 0 Å². The van der Waals surface area contributed by atoms with E-state index in [1.807, 2.05) is 55.5 Å². The van der Waals surface area contributed by atoms with Crippen LogP contribution >= 0.6 is 0 Å². The minimum atomic E-state index is -0.682. The van der Waals surface area contributed by atoms with Gasteiger partial charge in [-0.3, -0.25) is 9.88 Å². The van der Waals surface area contributed by atoms with Gasteiger partial charge in [-0.2, -0.15) is 0 Å². The molecule has 0 spiro atoms. The molecular formula is C24H26N2O3. The maximum atomic E-state index is 10.8. The number of pyridine rings is 1. The van der Waals surface area contributed by atoms with Crippen LogP contribution in [0.2, 0.25) is 0 Å². The zero-order valence-corrected chi connectivity index (χ0v) is 16.6. The van der Waals surface area contributed by atoms with Crippen molar-refractivity contribution in [1.82, 2.24) is 9.88 Å². The quantitative estimate of drug-likeness (QED) is 0.691. The van der Waals surface area contributed by atoms with E-state index in [2.05, 4.69) is 16.0 Å². The maximum absolute atomic E-state index is 10.8. The highest BCUT2D eigenvalue weighted by Gasteiger charge is 2.19. The van der Waals surface area contributed by atoms with Gasteiger partial charge in [0.05, 0.1) is 6.61 Å². The van der Waals surface area contributed by atoms with E-state index in [1.165, 1.54) is 5.56 Å². The van der Waals surface area contributed by atoms with Crippen LogP contribution in [-0.2, 0) is 13.1 Å². The highest BCUT2D eigenvalue weighted by molar-refractivity contribution is 5.41. The molecule has 0 saturated heterocycles. The molecule has 5 heteroatoms. The molecule has 3 aromatic rings. The molecule has 1 aromatic heterocycles. The van der Waals surface area contributed by atoms with Gasteiger partial charge in [-0.15, -0.1) is 0 Å². The van der Waals surface area contributed by atoms with Gasteiger partial charge in [0, 0.05) is 43.2 Å². The molecule has 0 bridgehead atoms. The first-order valence-corrected chi connectivity index (χ1v) is 10.0. The van der Waals surface area contributed by atoms with Gasteiger partial charge in [0.25, 0.3) is 0 Å². The second kappa shape index (κ2) is 9.07. The Morgan fingerprint density at radius 2 is 1.93 bits per heavy atom. The van der Waals surface area contributed by atoms with Crippen molar-refractivity contribution < 1.29 is 14.6 Å². The van der Waals surface area contributed by atoms with Crippen LogP contribution in [0.1, 0.15) is 35.3 Å². The minimum Gasteiger partial charge on any atom is -0.494 e. The first-order valence-electron chi connectivity index (χ1n) is 10.0. The van der Waals surface area contributed by atoms with Crippen LogP contribution < -0.4 is 9.47 Å². The Labute approximate surface area is 171 Å². The predicted molar refractivity (Wildman–Crippen MR) is 112 cm³/mol. The molecule has 4 rings (SSSR count). The molecule has 2 aromatic carbocycles. The molecule has 0 amide bonds. The molecule has 1 unspecified atom stereocenters. The normalized spacial score (nSPS) is 15.1. The van der Waals surface area contributed by atoms with Crippen molar-refractivity contribution in [2.24, 2.45) is 0 Å². The van der Waals surface area contributed by atoms with Gasteiger partial charge in [-0.25, -0.2) is 0 Å². The fourth-order valence-corrected chi connectivity index (χ4v) is 3.68. The van der Waals surface area contributed by atoms with Crippen LogP contribution in [0.5, 0.6) is 11.5 Å². The number of benzene rings is 2. The largest absolute Gasteiger partial charge is 0.494 e. The van der Waals surface area contributed by atoms with Gasteiger partial charge in [0.2, 0.25) is 0 Å². The van der Waals surface area contributed by atoms with Crippen LogP contribution in [0.4, 0.5) is 0 Å². The Bertz CT molecular complexity index is 946. The lowest BCUT2D eigenvalue weighted by Crippen LogP contribution is -2.25. The first-order chi connectivity index (χ1) is 14.2. The molecule has 0 aliphatic carbocycles. The van der Waals surface area contributed by atoms with Gasteiger partial charge >= 0.3 is 0 Å². The number of aliphatic hydroxyl groups excluding tert-OH is 1. The number of aromatic nitrogens is 1. The molecule has 150 valence electrons. The molecule has 0 fully saturated rings. The number of nitrogens with zero attached hydrogens (tertiary/aromatic N) is 2. The fourth-order valence-electron chi connectivity index (χ4n) is 3.68. The Kier molecular flexibility index (Phi) is 6.08. The first kappa shape index (κ1) is 19.4. The fraction of sp³-hybridized carbons (Fsp3) is 0.292. The van der Waals surface area contributed by atoms with Gasteiger partial charge in [-0.05, 0) is 48.4 Å². The smallest absolute Gasteiger partial charge is 0.123 e. The average molecular weight is 390 g/mol. The molecule has 1 N–H and O–H groups in total. The van der Waals surface area contributed by atoms with E-state index in [0.29, 0.717) is 13.2 Å². The Morgan fingerprint density at radius 1 is 1.10 bits per heavy atom. The average Bonchev–Trinajstić information content (AvgIpc) is 2.96. The molecule has 29 heavy (non-hydrogen) atoms. The molecule has 0 radical (unpaired) electrons. The zero-order valence-electron chi connectivity index (χ0n) is 16.6. The molecule has 1 aliphatic heterocycles. The second-order valence-electron chi connectivity index (χ2n) is 7.15. The summed E-state index contributed by atoms with van der Waals surface area (Å²) in [6.07, 6.45) is 2.71. The number of ether oxygens (including phenoxy) is 2. The van der Waals surface area contributed by atoms with E-state index >= 15 is 0 Å². The number of hydrogen-bond donors (Lipinski definition) is 1. The third kappa shape index (κ3) is 4.58. The van der Waals surface area contributed by atoms with Crippen molar-refractivity contribution in [2.45, 2.75) is 26.1 Å². The highest BCUT2D eigenvalue weighted by Crippen LogP contribution is 2.30. The molecular weight excluding hydrogens is 364 g/mol. The summed E-state index contributed by atoms with van der Waals surface area (Å²) in [4.78, 5) is 6.38. The van der Waals surface area contributed by atoms with Crippen molar-refractivity contribution >= 4 is 0 Å². The predicted octanol–water partition coefficient (Wildman–Crippen LogP) is 3.96. The molecule has 1 atom stereocenters. The van der Waals surface area contributed by atoms with Crippen LogP contribution in [0.25, 0.3) is 0 Å². The van der Waals surface area contributed by atoms with Gasteiger partial charge in [-0.1, -0.05) is 24.3 Å². The van der Waals surface area contributed by atoms with E-state index in [0.717, 1.165) is 47.8 Å².